The lowest BCUT2D eigenvalue weighted by atomic mass is 18.9. The van der Waals surface area contributed by atoms with Crippen LogP contribution in [0.1, 0.15) is 0 Å². The standard InChI is InChI=1S/Cl2F2P2/c1-5(3)6(2)4. The normalized spacial score (nSPS) is 20.0. The molecule has 0 radical (unpaired) electrons. The summed E-state index contributed by atoms with van der Waals surface area (Å²) >= 11 is 9.07. The number of halogens is 4. The lowest BCUT2D eigenvalue weighted by Gasteiger charge is -1.89. The molecule has 0 aromatic rings. The Labute approximate surface area is 46.0 Å². The average molecular weight is 171 g/mol. The molecule has 0 aliphatic carbocycles. The van der Waals surface area contributed by atoms with Gasteiger partial charge in [0.1, 0.15) is 0 Å². The van der Waals surface area contributed by atoms with Crippen molar-refractivity contribution in [3.8, 4) is 0 Å². The van der Waals surface area contributed by atoms with Gasteiger partial charge in [0, 0.05) is 0 Å². The van der Waals surface area contributed by atoms with E-state index in [0.717, 1.165) is 0 Å². The first-order chi connectivity index (χ1) is 2.64. The second kappa shape index (κ2) is 3.32. The van der Waals surface area contributed by atoms with Crippen molar-refractivity contribution in [2.45, 2.75) is 0 Å². The van der Waals surface area contributed by atoms with Crippen LogP contribution >= 0.6 is 37.0 Å². The van der Waals surface area contributed by atoms with E-state index in [9.17, 15) is 8.39 Å². The minimum atomic E-state index is -2.52. The molecule has 0 rings (SSSR count). The molecule has 0 aliphatic heterocycles. The van der Waals surface area contributed by atoms with E-state index in [1.54, 1.807) is 0 Å². The van der Waals surface area contributed by atoms with Crippen LogP contribution in [0, 0.1) is 0 Å². The quantitative estimate of drug-likeness (QED) is 0.524. The van der Waals surface area contributed by atoms with Crippen LogP contribution in [0.15, 0.2) is 0 Å². The molecule has 0 nitrogen and oxygen atoms in total. The Kier molecular flexibility index (Phi) is 4.04. The van der Waals surface area contributed by atoms with Gasteiger partial charge in [0.15, 0.2) is 0 Å². The maximum Gasteiger partial charge on any atom is 0.249 e. The van der Waals surface area contributed by atoms with Crippen LogP contribution in [0.5, 0.6) is 0 Å². The molecular formula is Cl2F2P2. The van der Waals surface area contributed by atoms with Gasteiger partial charge >= 0.3 is 0 Å². The summed E-state index contributed by atoms with van der Waals surface area (Å²) in [5, 5.41) is 0. The third kappa shape index (κ3) is 3.49. The molecule has 2 unspecified atom stereocenters. The summed E-state index contributed by atoms with van der Waals surface area (Å²) in [6.07, 6.45) is 0. The largest absolute Gasteiger partial charge is 0.249 e. The molecule has 0 fully saturated rings. The zero-order chi connectivity index (χ0) is 5.15. The number of hydrogen-bond acceptors (Lipinski definition) is 0. The second-order valence-electron chi connectivity index (χ2n) is 0.430. The summed E-state index contributed by atoms with van der Waals surface area (Å²) in [5.74, 6) is 0. The highest BCUT2D eigenvalue weighted by Crippen LogP contribution is 2.77. The maximum atomic E-state index is 11.2. The predicted octanol–water partition coefficient (Wildman–Crippen LogP) is 3.94. The summed E-state index contributed by atoms with van der Waals surface area (Å²) in [7, 11) is -5.05. The van der Waals surface area contributed by atoms with Gasteiger partial charge < -0.3 is 0 Å². The highest BCUT2D eigenvalue weighted by Gasteiger charge is 2.14. The van der Waals surface area contributed by atoms with Crippen molar-refractivity contribution in [2.24, 2.45) is 0 Å². The zero-order valence-corrected chi connectivity index (χ0v) is 5.71. The van der Waals surface area contributed by atoms with Crippen molar-refractivity contribution in [3.63, 3.8) is 0 Å². The van der Waals surface area contributed by atoms with Gasteiger partial charge in [-0.3, -0.25) is 0 Å². The fourth-order valence-corrected chi connectivity index (χ4v) is 0. The highest BCUT2D eigenvalue weighted by molar-refractivity contribution is 8.44. The van der Waals surface area contributed by atoms with Gasteiger partial charge in [0.2, 0.25) is 14.5 Å². The van der Waals surface area contributed by atoms with Crippen LogP contribution in [0.25, 0.3) is 0 Å². The molecule has 0 bridgehead atoms. The topological polar surface area (TPSA) is 0 Å². The highest BCUT2D eigenvalue weighted by atomic mass is 35.7. The third-order valence-electron chi connectivity index (χ3n) is 0.114. The molecule has 38 valence electrons. The Morgan fingerprint density at radius 3 is 1.17 bits per heavy atom. The van der Waals surface area contributed by atoms with Crippen molar-refractivity contribution in [3.05, 3.63) is 0 Å². The van der Waals surface area contributed by atoms with Crippen LogP contribution in [0.2, 0.25) is 0 Å². The van der Waals surface area contributed by atoms with E-state index < -0.39 is 14.5 Å². The van der Waals surface area contributed by atoms with Crippen LogP contribution in [-0.2, 0) is 0 Å². The minimum Gasteiger partial charge on any atom is -0.200 e. The van der Waals surface area contributed by atoms with E-state index in [4.69, 9.17) is 0 Å². The molecule has 0 heterocycles. The molecule has 0 spiro atoms. The molecule has 0 N–H and O–H groups in total. The third-order valence-corrected chi connectivity index (χ3v) is 4.11. The van der Waals surface area contributed by atoms with Gasteiger partial charge in [-0.2, -0.15) is 8.39 Å². The SMILES string of the molecule is FP(Cl)P(F)Cl. The van der Waals surface area contributed by atoms with Gasteiger partial charge in [-0.15, -0.1) is 0 Å². The van der Waals surface area contributed by atoms with E-state index in [1.165, 1.54) is 0 Å². The van der Waals surface area contributed by atoms with E-state index in [0.29, 0.717) is 0 Å². The lowest BCUT2D eigenvalue weighted by Crippen LogP contribution is -1.25. The van der Waals surface area contributed by atoms with Crippen LogP contribution in [0.3, 0.4) is 0 Å². The van der Waals surface area contributed by atoms with Gasteiger partial charge in [-0.1, -0.05) is 0 Å². The van der Waals surface area contributed by atoms with E-state index >= 15 is 0 Å². The molecule has 0 aliphatic rings. The summed E-state index contributed by atoms with van der Waals surface area (Å²) in [5.41, 5.74) is 0. The van der Waals surface area contributed by atoms with Gasteiger partial charge in [0.25, 0.3) is 0 Å². The molecular weight excluding hydrogens is 171 g/mol. The average Bonchev–Trinajstić information content (AvgIpc) is 1.36. The first kappa shape index (κ1) is 7.30. The fraction of sp³-hybridized carbons (Fsp3) is 0. The van der Waals surface area contributed by atoms with Crippen molar-refractivity contribution in [2.75, 3.05) is 0 Å². The van der Waals surface area contributed by atoms with E-state index in [1.807, 2.05) is 0 Å². The molecule has 0 amide bonds. The Balaban J connectivity index is 2.99. The Morgan fingerprint density at radius 2 is 1.17 bits per heavy atom. The van der Waals surface area contributed by atoms with Gasteiger partial charge in [-0.25, -0.2) is 0 Å². The first-order valence-corrected chi connectivity index (χ1v) is 5.86. The monoisotopic (exact) mass is 170 g/mol. The summed E-state index contributed by atoms with van der Waals surface area (Å²) in [6.45, 7) is 0. The van der Waals surface area contributed by atoms with Crippen molar-refractivity contribution in [1.29, 1.82) is 0 Å². The van der Waals surface area contributed by atoms with Crippen molar-refractivity contribution < 1.29 is 8.39 Å². The maximum absolute atomic E-state index is 11.2. The number of hydrogen-bond donors (Lipinski definition) is 0. The molecule has 0 saturated carbocycles. The summed E-state index contributed by atoms with van der Waals surface area (Å²) < 4.78 is 22.4. The summed E-state index contributed by atoms with van der Waals surface area (Å²) in [6, 6.07) is 0. The van der Waals surface area contributed by atoms with E-state index in [2.05, 4.69) is 22.5 Å². The predicted molar refractivity (Wildman–Crippen MR) is 27.8 cm³/mol. The molecule has 6 heteroatoms. The van der Waals surface area contributed by atoms with Gasteiger partial charge in [-0.05, 0) is 22.5 Å². The smallest absolute Gasteiger partial charge is 0.200 e. The fourth-order valence-electron chi connectivity index (χ4n) is 0. The Morgan fingerprint density at radius 1 is 1.00 bits per heavy atom. The summed E-state index contributed by atoms with van der Waals surface area (Å²) in [4.78, 5) is 0. The molecule has 2 atom stereocenters. The Bertz CT molecular complexity index is 30.5. The Hall–Kier alpha value is 1.30. The number of rotatable bonds is 1. The van der Waals surface area contributed by atoms with Gasteiger partial charge in [0.05, 0.1) is 0 Å². The molecule has 0 aromatic heterocycles. The van der Waals surface area contributed by atoms with Crippen molar-refractivity contribution >= 4 is 37.0 Å². The van der Waals surface area contributed by atoms with Crippen LogP contribution < -0.4 is 0 Å². The zero-order valence-electron chi connectivity index (χ0n) is 2.41. The van der Waals surface area contributed by atoms with Crippen LogP contribution in [0.4, 0.5) is 8.39 Å². The minimum absolute atomic E-state index is 2.52. The first-order valence-electron chi connectivity index (χ1n) is 0.876. The molecule has 0 aromatic carbocycles. The lowest BCUT2D eigenvalue weighted by molar-refractivity contribution is 0.900. The second-order valence-corrected chi connectivity index (χ2v) is 6.59. The van der Waals surface area contributed by atoms with Crippen LogP contribution in [-0.4, -0.2) is 0 Å². The molecule has 0 saturated heterocycles. The molecule has 6 heavy (non-hydrogen) atoms. The van der Waals surface area contributed by atoms with E-state index in [-0.39, 0.29) is 0 Å². The van der Waals surface area contributed by atoms with Crippen molar-refractivity contribution in [1.82, 2.24) is 0 Å².